The third kappa shape index (κ3) is 3.33. The van der Waals surface area contributed by atoms with Gasteiger partial charge in [-0.3, -0.25) is 9.19 Å². The minimum absolute atomic E-state index is 0.241. The van der Waals surface area contributed by atoms with Crippen LogP contribution >= 0.6 is 0 Å². The number of ether oxygens (including phenoxy) is 2. The Bertz CT molecular complexity index is 674. The molecule has 6 heteroatoms. The smallest absolute Gasteiger partial charge is 0.183 e. The maximum Gasteiger partial charge on any atom is 0.183 e. The fourth-order valence-corrected chi connectivity index (χ4v) is 3.32. The molecule has 0 saturated heterocycles. The number of nitrogens with zero attached hydrogens (tertiary/aromatic N) is 1. The zero-order chi connectivity index (χ0) is 15.4. The van der Waals surface area contributed by atoms with E-state index in [1.54, 1.807) is 31.5 Å². The molecule has 0 saturated carbocycles. The van der Waals surface area contributed by atoms with Gasteiger partial charge in [0.1, 0.15) is 0 Å². The molecule has 0 amide bonds. The van der Waals surface area contributed by atoms with Crippen molar-refractivity contribution >= 4 is 16.5 Å². The first-order valence-corrected chi connectivity index (χ1v) is 7.69. The highest BCUT2D eigenvalue weighted by Crippen LogP contribution is 2.31. The van der Waals surface area contributed by atoms with Gasteiger partial charge in [-0.05, 0) is 24.6 Å². The Labute approximate surface area is 126 Å². The van der Waals surface area contributed by atoms with Crippen LogP contribution in [0.25, 0.3) is 0 Å². The van der Waals surface area contributed by atoms with Crippen molar-refractivity contribution < 1.29 is 13.7 Å². The van der Waals surface area contributed by atoms with E-state index in [0.29, 0.717) is 27.8 Å². The maximum absolute atomic E-state index is 12.6. The molecule has 21 heavy (non-hydrogen) atoms. The standard InChI is InChI=1S/C15H18N2O3S/c1-10-4-5-11(16)8-14(10)21(18)9-12-15(20-3)13(19-2)6-7-17-12/h4-8H,9,16H2,1-3H3. The number of rotatable bonds is 5. The molecule has 2 rings (SSSR count). The van der Waals surface area contributed by atoms with E-state index >= 15 is 0 Å². The third-order valence-corrected chi connectivity index (χ3v) is 4.56. The molecule has 1 heterocycles. The van der Waals surface area contributed by atoms with Crippen LogP contribution in [0.5, 0.6) is 11.5 Å². The van der Waals surface area contributed by atoms with Crippen LogP contribution in [0.15, 0.2) is 35.4 Å². The van der Waals surface area contributed by atoms with E-state index in [4.69, 9.17) is 15.2 Å². The average Bonchev–Trinajstić information content (AvgIpc) is 2.49. The molecule has 0 fully saturated rings. The Hall–Kier alpha value is -2.08. The molecule has 2 N–H and O–H groups in total. The van der Waals surface area contributed by atoms with Crippen molar-refractivity contribution in [2.45, 2.75) is 17.6 Å². The highest BCUT2D eigenvalue weighted by atomic mass is 32.2. The van der Waals surface area contributed by atoms with Crippen molar-refractivity contribution in [1.29, 1.82) is 0 Å². The molecule has 1 aromatic heterocycles. The number of nitrogens with two attached hydrogens (primary N) is 1. The van der Waals surface area contributed by atoms with Gasteiger partial charge in [-0.25, -0.2) is 0 Å². The van der Waals surface area contributed by atoms with Gasteiger partial charge in [-0.1, -0.05) is 6.07 Å². The summed E-state index contributed by atoms with van der Waals surface area (Å²) in [6, 6.07) is 7.09. The number of nitrogen functional groups attached to an aromatic ring is 1. The molecule has 1 aromatic carbocycles. The monoisotopic (exact) mass is 306 g/mol. The number of hydrogen-bond acceptors (Lipinski definition) is 5. The Balaban J connectivity index is 2.34. The van der Waals surface area contributed by atoms with E-state index < -0.39 is 10.8 Å². The van der Waals surface area contributed by atoms with Crippen molar-refractivity contribution in [3.8, 4) is 11.5 Å². The highest BCUT2D eigenvalue weighted by Gasteiger charge is 2.16. The van der Waals surface area contributed by atoms with Crippen LogP contribution < -0.4 is 15.2 Å². The lowest BCUT2D eigenvalue weighted by atomic mass is 10.2. The molecule has 1 atom stereocenters. The number of aromatic nitrogens is 1. The molecule has 0 spiro atoms. The summed E-state index contributed by atoms with van der Waals surface area (Å²) in [5.41, 5.74) is 7.89. The molecule has 0 radical (unpaired) electrons. The summed E-state index contributed by atoms with van der Waals surface area (Å²) in [4.78, 5) is 4.96. The van der Waals surface area contributed by atoms with E-state index in [2.05, 4.69) is 4.98 Å². The van der Waals surface area contributed by atoms with Crippen molar-refractivity contribution in [1.82, 2.24) is 4.98 Å². The number of anilines is 1. The highest BCUT2D eigenvalue weighted by molar-refractivity contribution is 7.84. The van der Waals surface area contributed by atoms with Crippen LogP contribution in [0.2, 0.25) is 0 Å². The average molecular weight is 306 g/mol. The summed E-state index contributed by atoms with van der Waals surface area (Å²) in [5.74, 6) is 1.32. The lowest BCUT2D eigenvalue weighted by Gasteiger charge is -2.12. The Morgan fingerprint density at radius 2 is 2.00 bits per heavy atom. The Morgan fingerprint density at radius 3 is 2.67 bits per heavy atom. The molecule has 112 valence electrons. The van der Waals surface area contributed by atoms with Crippen molar-refractivity contribution in [2.75, 3.05) is 20.0 Å². The van der Waals surface area contributed by atoms with E-state index in [1.807, 2.05) is 13.0 Å². The van der Waals surface area contributed by atoms with Gasteiger partial charge in [0, 0.05) is 22.8 Å². The van der Waals surface area contributed by atoms with Crippen molar-refractivity contribution in [2.24, 2.45) is 0 Å². The van der Waals surface area contributed by atoms with Crippen LogP contribution in [-0.4, -0.2) is 23.4 Å². The minimum atomic E-state index is -1.26. The zero-order valence-electron chi connectivity index (χ0n) is 12.3. The quantitative estimate of drug-likeness (QED) is 0.858. The molecule has 0 aliphatic heterocycles. The number of aryl methyl sites for hydroxylation is 1. The summed E-state index contributed by atoms with van der Waals surface area (Å²) in [5, 5.41) is 0. The lowest BCUT2D eigenvalue weighted by Crippen LogP contribution is -2.04. The van der Waals surface area contributed by atoms with Gasteiger partial charge in [0.25, 0.3) is 0 Å². The first kappa shape index (κ1) is 15.3. The molecular weight excluding hydrogens is 288 g/mol. The van der Waals surface area contributed by atoms with Crippen molar-refractivity contribution in [3.05, 3.63) is 41.7 Å². The molecule has 0 bridgehead atoms. The Morgan fingerprint density at radius 1 is 1.24 bits per heavy atom. The second-order valence-electron chi connectivity index (χ2n) is 4.51. The van der Waals surface area contributed by atoms with Crippen LogP contribution in [0.4, 0.5) is 5.69 Å². The Kier molecular flexibility index (Phi) is 4.80. The van der Waals surface area contributed by atoms with E-state index in [1.165, 1.54) is 7.11 Å². The summed E-state index contributed by atoms with van der Waals surface area (Å²) < 4.78 is 23.1. The summed E-state index contributed by atoms with van der Waals surface area (Å²) in [6.07, 6.45) is 1.61. The number of pyridine rings is 1. The lowest BCUT2D eigenvalue weighted by molar-refractivity contribution is 0.350. The summed E-state index contributed by atoms with van der Waals surface area (Å²) in [7, 11) is 1.84. The van der Waals surface area contributed by atoms with Crippen LogP contribution in [0.1, 0.15) is 11.3 Å². The van der Waals surface area contributed by atoms with Crippen LogP contribution in [-0.2, 0) is 16.6 Å². The molecular formula is C15H18N2O3S. The number of methoxy groups -OCH3 is 2. The van der Waals surface area contributed by atoms with Crippen LogP contribution in [0.3, 0.4) is 0 Å². The summed E-state index contributed by atoms with van der Waals surface area (Å²) >= 11 is 0. The fourth-order valence-electron chi connectivity index (χ4n) is 2.02. The third-order valence-electron chi connectivity index (χ3n) is 3.09. The first-order valence-electron chi connectivity index (χ1n) is 6.37. The van der Waals surface area contributed by atoms with E-state index in [9.17, 15) is 4.21 Å². The zero-order valence-corrected chi connectivity index (χ0v) is 13.1. The first-order chi connectivity index (χ1) is 10.1. The van der Waals surface area contributed by atoms with Gasteiger partial charge in [-0.2, -0.15) is 0 Å². The van der Waals surface area contributed by atoms with Gasteiger partial charge >= 0.3 is 0 Å². The molecule has 0 aliphatic rings. The molecule has 1 unspecified atom stereocenters. The SMILES string of the molecule is COc1ccnc(CS(=O)c2cc(N)ccc2C)c1OC. The van der Waals surface area contributed by atoms with E-state index in [0.717, 1.165) is 5.56 Å². The summed E-state index contributed by atoms with van der Waals surface area (Å²) in [6.45, 7) is 1.91. The second-order valence-corrected chi connectivity index (χ2v) is 5.93. The molecule has 0 aliphatic carbocycles. The topological polar surface area (TPSA) is 74.4 Å². The second kappa shape index (κ2) is 6.58. The fraction of sp³-hybridized carbons (Fsp3) is 0.267. The van der Waals surface area contributed by atoms with Gasteiger partial charge in [0.2, 0.25) is 0 Å². The van der Waals surface area contributed by atoms with Crippen LogP contribution in [0, 0.1) is 6.92 Å². The van der Waals surface area contributed by atoms with E-state index in [-0.39, 0.29) is 5.75 Å². The number of hydrogen-bond donors (Lipinski definition) is 1. The van der Waals surface area contributed by atoms with Gasteiger partial charge in [0.05, 0.1) is 36.5 Å². The number of benzene rings is 1. The molecule has 5 nitrogen and oxygen atoms in total. The van der Waals surface area contributed by atoms with Gasteiger partial charge in [-0.15, -0.1) is 0 Å². The maximum atomic E-state index is 12.6. The largest absolute Gasteiger partial charge is 0.493 e. The predicted octanol–water partition coefficient (Wildman–Crippen LogP) is 2.30. The normalized spacial score (nSPS) is 12.0. The molecule has 2 aromatic rings. The minimum Gasteiger partial charge on any atom is -0.493 e. The van der Waals surface area contributed by atoms with Gasteiger partial charge < -0.3 is 15.2 Å². The predicted molar refractivity (Wildman–Crippen MR) is 83.0 cm³/mol. The van der Waals surface area contributed by atoms with Gasteiger partial charge in [0.15, 0.2) is 11.5 Å². The van der Waals surface area contributed by atoms with Crippen molar-refractivity contribution in [3.63, 3.8) is 0 Å².